The fraction of sp³-hybridized carbons (Fsp3) is 0.412. The quantitative estimate of drug-likeness (QED) is 0.796. The maximum atomic E-state index is 13.0. The second-order valence-electron chi connectivity index (χ2n) is 6.49. The molecule has 0 aliphatic carbocycles. The smallest absolute Gasteiger partial charge is 0.246 e. The van der Waals surface area contributed by atoms with Crippen LogP contribution in [0.2, 0.25) is 0 Å². The highest BCUT2D eigenvalue weighted by atomic mass is 32.2. The molecule has 140 valence electrons. The maximum Gasteiger partial charge on any atom is 0.246 e. The van der Waals surface area contributed by atoms with E-state index >= 15 is 0 Å². The molecule has 2 N–H and O–H groups in total. The molecule has 1 atom stereocenters. The van der Waals surface area contributed by atoms with E-state index < -0.39 is 22.0 Å². The highest BCUT2D eigenvalue weighted by Gasteiger charge is 2.38. The summed E-state index contributed by atoms with van der Waals surface area (Å²) in [5, 5.41) is 4.11. The lowest BCUT2D eigenvalue weighted by Gasteiger charge is -2.39. The molecule has 26 heavy (non-hydrogen) atoms. The van der Waals surface area contributed by atoms with Crippen LogP contribution in [-0.2, 0) is 28.4 Å². The second-order valence-corrected chi connectivity index (χ2v) is 8.40. The van der Waals surface area contributed by atoms with Gasteiger partial charge in [0.25, 0.3) is 0 Å². The Morgan fingerprint density at radius 2 is 1.96 bits per heavy atom. The van der Waals surface area contributed by atoms with Crippen LogP contribution in [0.4, 0.5) is 0 Å². The predicted octanol–water partition coefficient (Wildman–Crippen LogP) is 0.0889. The van der Waals surface area contributed by atoms with Gasteiger partial charge in [-0.3, -0.25) is 14.4 Å². The number of nitrogens with zero attached hydrogens (tertiary/aromatic N) is 4. The largest absolute Gasteiger partial charge is 0.368 e. The molecule has 3 rings (SSSR count). The highest BCUT2D eigenvalue weighted by Crippen LogP contribution is 2.23. The molecule has 1 amide bonds. The third-order valence-electron chi connectivity index (χ3n) is 4.60. The minimum absolute atomic E-state index is 0.0405. The molecule has 0 unspecified atom stereocenters. The number of aryl methyl sites for hydroxylation is 2. The number of nitrogens with two attached hydrogens (primary N) is 1. The van der Waals surface area contributed by atoms with E-state index in [1.165, 1.54) is 15.2 Å². The molecule has 1 aliphatic rings. The number of hydrogen-bond donors (Lipinski definition) is 1. The number of piperazine rings is 1. The number of carbonyl (C=O) groups is 1. The molecule has 2 aromatic rings. The summed E-state index contributed by atoms with van der Waals surface area (Å²) in [5.41, 5.74) is 7.06. The summed E-state index contributed by atoms with van der Waals surface area (Å²) in [4.78, 5) is 14.1. The predicted molar refractivity (Wildman–Crippen MR) is 96.5 cm³/mol. The van der Waals surface area contributed by atoms with E-state index in [-0.39, 0.29) is 11.4 Å². The third-order valence-corrected chi connectivity index (χ3v) is 6.57. The van der Waals surface area contributed by atoms with Crippen LogP contribution >= 0.6 is 0 Å². The first kappa shape index (κ1) is 18.6. The summed E-state index contributed by atoms with van der Waals surface area (Å²) in [7, 11) is -2.04. The van der Waals surface area contributed by atoms with E-state index in [4.69, 9.17) is 5.73 Å². The Hall–Kier alpha value is -2.23. The highest BCUT2D eigenvalue weighted by molar-refractivity contribution is 7.89. The SMILES string of the molecule is Cc1nn(C)cc1S(=O)(=O)N1CCN(Cc2ccccc2)[C@H](C(N)=O)C1. The Morgan fingerprint density at radius 1 is 1.27 bits per heavy atom. The van der Waals surface area contributed by atoms with Crippen LogP contribution in [0.25, 0.3) is 0 Å². The topological polar surface area (TPSA) is 102 Å². The van der Waals surface area contributed by atoms with E-state index in [0.717, 1.165) is 5.56 Å². The Balaban J connectivity index is 1.81. The van der Waals surface area contributed by atoms with Crippen LogP contribution in [0.1, 0.15) is 11.3 Å². The summed E-state index contributed by atoms with van der Waals surface area (Å²) in [5.74, 6) is -0.524. The lowest BCUT2D eigenvalue weighted by Crippen LogP contribution is -2.58. The minimum Gasteiger partial charge on any atom is -0.368 e. The normalized spacial score (nSPS) is 19.5. The maximum absolute atomic E-state index is 13.0. The molecular formula is C17H23N5O3S. The van der Waals surface area contributed by atoms with Crippen molar-refractivity contribution in [3.63, 3.8) is 0 Å². The van der Waals surface area contributed by atoms with Gasteiger partial charge in [0, 0.05) is 39.4 Å². The van der Waals surface area contributed by atoms with Crippen molar-refractivity contribution in [2.24, 2.45) is 12.8 Å². The van der Waals surface area contributed by atoms with Crippen molar-refractivity contribution in [3.05, 3.63) is 47.8 Å². The van der Waals surface area contributed by atoms with Crippen molar-refractivity contribution in [1.29, 1.82) is 0 Å². The first-order chi connectivity index (χ1) is 12.3. The van der Waals surface area contributed by atoms with Crippen LogP contribution in [-0.4, -0.2) is 59.0 Å². The van der Waals surface area contributed by atoms with E-state index in [9.17, 15) is 13.2 Å². The number of sulfonamides is 1. The van der Waals surface area contributed by atoms with Crippen LogP contribution in [0.3, 0.4) is 0 Å². The van der Waals surface area contributed by atoms with Gasteiger partial charge in [-0.1, -0.05) is 30.3 Å². The Labute approximate surface area is 153 Å². The van der Waals surface area contributed by atoms with Gasteiger partial charge in [0.1, 0.15) is 10.9 Å². The average molecular weight is 377 g/mol. The lowest BCUT2D eigenvalue weighted by atomic mass is 10.1. The third kappa shape index (κ3) is 3.64. The summed E-state index contributed by atoms with van der Waals surface area (Å²) >= 11 is 0. The molecule has 9 heteroatoms. The molecule has 8 nitrogen and oxygen atoms in total. The summed E-state index contributed by atoms with van der Waals surface area (Å²) in [6.07, 6.45) is 1.49. The van der Waals surface area contributed by atoms with Crippen molar-refractivity contribution in [2.45, 2.75) is 24.4 Å². The van der Waals surface area contributed by atoms with Crippen molar-refractivity contribution in [2.75, 3.05) is 19.6 Å². The molecule has 2 heterocycles. The summed E-state index contributed by atoms with van der Waals surface area (Å²) in [6, 6.07) is 9.06. The molecule has 0 bridgehead atoms. The van der Waals surface area contributed by atoms with Crippen molar-refractivity contribution in [1.82, 2.24) is 19.0 Å². The molecule has 1 aromatic heterocycles. The number of carbonyl (C=O) groups excluding carboxylic acids is 1. The van der Waals surface area contributed by atoms with Gasteiger partial charge < -0.3 is 5.73 Å². The van der Waals surface area contributed by atoms with Crippen LogP contribution in [0, 0.1) is 6.92 Å². The molecular weight excluding hydrogens is 354 g/mol. The van der Waals surface area contributed by atoms with Crippen LogP contribution in [0.15, 0.2) is 41.4 Å². The van der Waals surface area contributed by atoms with Gasteiger partial charge in [0.15, 0.2) is 0 Å². The van der Waals surface area contributed by atoms with Gasteiger partial charge in [0.2, 0.25) is 15.9 Å². The van der Waals surface area contributed by atoms with E-state index in [1.54, 1.807) is 14.0 Å². The fourth-order valence-corrected chi connectivity index (χ4v) is 4.90. The zero-order valence-corrected chi connectivity index (χ0v) is 15.7. The van der Waals surface area contributed by atoms with Gasteiger partial charge in [-0.05, 0) is 12.5 Å². The second kappa shape index (κ2) is 7.18. The number of hydrogen-bond acceptors (Lipinski definition) is 5. The zero-order valence-electron chi connectivity index (χ0n) is 14.9. The lowest BCUT2D eigenvalue weighted by molar-refractivity contribution is -0.124. The average Bonchev–Trinajstić information content (AvgIpc) is 2.95. The molecule has 1 fully saturated rings. The zero-order chi connectivity index (χ0) is 18.9. The fourth-order valence-electron chi connectivity index (χ4n) is 3.26. The van der Waals surface area contributed by atoms with Gasteiger partial charge in [-0.25, -0.2) is 8.42 Å². The Kier molecular flexibility index (Phi) is 5.12. The summed E-state index contributed by atoms with van der Waals surface area (Å²) in [6.45, 7) is 2.98. The molecule has 1 aliphatic heterocycles. The molecule has 1 saturated heterocycles. The first-order valence-corrected chi connectivity index (χ1v) is 9.80. The van der Waals surface area contributed by atoms with E-state index in [1.807, 2.05) is 35.2 Å². The minimum atomic E-state index is -3.72. The van der Waals surface area contributed by atoms with Crippen molar-refractivity contribution >= 4 is 15.9 Å². The van der Waals surface area contributed by atoms with Crippen molar-refractivity contribution in [3.8, 4) is 0 Å². The molecule has 0 saturated carbocycles. The van der Waals surface area contributed by atoms with Gasteiger partial charge >= 0.3 is 0 Å². The van der Waals surface area contributed by atoms with Gasteiger partial charge in [-0.15, -0.1) is 0 Å². The molecule has 0 radical (unpaired) electrons. The monoisotopic (exact) mass is 377 g/mol. The van der Waals surface area contributed by atoms with Gasteiger partial charge in [-0.2, -0.15) is 9.40 Å². The van der Waals surface area contributed by atoms with Crippen LogP contribution in [0.5, 0.6) is 0 Å². The Morgan fingerprint density at radius 3 is 2.54 bits per heavy atom. The number of aromatic nitrogens is 2. The van der Waals surface area contributed by atoms with E-state index in [0.29, 0.717) is 25.3 Å². The van der Waals surface area contributed by atoms with Gasteiger partial charge in [0.05, 0.1) is 5.69 Å². The van der Waals surface area contributed by atoms with Crippen molar-refractivity contribution < 1.29 is 13.2 Å². The summed E-state index contributed by atoms with van der Waals surface area (Å²) < 4.78 is 28.7. The number of amides is 1. The number of benzene rings is 1. The molecule has 1 aromatic carbocycles. The first-order valence-electron chi connectivity index (χ1n) is 8.36. The molecule has 0 spiro atoms. The Bertz CT molecular complexity index is 894. The van der Waals surface area contributed by atoms with Crippen LogP contribution < -0.4 is 5.73 Å². The van der Waals surface area contributed by atoms with E-state index in [2.05, 4.69) is 5.10 Å². The number of rotatable bonds is 5. The standard InChI is InChI=1S/C17H23N5O3S/c1-13-16(12-20(2)19-13)26(24,25)22-9-8-21(15(11-22)17(18)23)10-14-6-4-3-5-7-14/h3-7,12,15H,8-11H2,1-2H3,(H2,18,23)/t15-/m0/s1. The number of primary amides is 1.